The molecule has 0 aromatic carbocycles. The van der Waals surface area contributed by atoms with Gasteiger partial charge in [0.05, 0.1) is 185 Å². The summed E-state index contributed by atoms with van der Waals surface area (Å²) in [4.78, 5) is 50.1. The standard InChI is InChI=1S/C85H151N3O38/c1-57(2)9-8-10-58(3)62-15-16-63-61-14-13-59-45-60(17-19-84(59,4)64(61)18-20-85(62,63)5)123-71(93)47-87-69(91)12-7-6-11-68(90)86-46-70(92)88-51-117-52-112-36-33-106-24-21-103-28-31-110-40-43-121-82-79(101)76(98)73(95)66(125-82)49-115-56-119-54-114-38-35-108-26-23-105-29-32-111-41-44-122-83-80(102)77(99)74(96)67(126-83)50-116-55-118-53-113-37-34-107-25-22-104-27-30-109-39-42-120-81-78(100)75(97)72(94)65(48-89)124-81/h13,57-58,60-67,72-83,89,94-102H,6-12,14-56H2,1-5H3,(H,86,90)(H,87,91)(H,88,92)/t58-,60+,61+,62-,63+,64+,65+,66+,67+,72-,73-,74-,75+,76+,77+,78+,79+,80+,81-,82-,83-,84+,85-/m1/s1. The molecule has 126 heavy (non-hydrogen) atoms. The van der Waals surface area contributed by atoms with E-state index in [0.717, 1.165) is 55.3 Å². The highest BCUT2D eigenvalue weighted by Gasteiger charge is 2.60. The fourth-order valence-electron chi connectivity index (χ4n) is 17.4. The van der Waals surface area contributed by atoms with E-state index >= 15 is 0 Å². The molecule has 0 spiro atoms. The second kappa shape index (κ2) is 62.7. The average Bonchev–Trinajstić information content (AvgIpc) is 1.46. The predicted molar refractivity (Wildman–Crippen MR) is 440 cm³/mol. The first-order valence-electron chi connectivity index (χ1n) is 45.0. The Kier molecular flexibility index (Phi) is 54.4. The van der Waals surface area contributed by atoms with Crippen LogP contribution >= 0.6 is 0 Å². The van der Waals surface area contributed by atoms with E-state index in [-0.39, 0.29) is 249 Å². The van der Waals surface area contributed by atoms with Crippen LogP contribution in [0.2, 0.25) is 0 Å². The maximum absolute atomic E-state index is 12.9. The summed E-state index contributed by atoms with van der Waals surface area (Å²) in [6, 6.07) is 0. The number of esters is 1. The molecule has 13 N–H and O–H groups in total. The Morgan fingerprint density at radius 3 is 1.26 bits per heavy atom. The fourth-order valence-corrected chi connectivity index (χ4v) is 17.4. The molecule has 7 rings (SSSR count). The summed E-state index contributed by atoms with van der Waals surface area (Å²) in [6.07, 6.45) is -3.95. The van der Waals surface area contributed by atoms with Gasteiger partial charge in [0, 0.05) is 19.3 Å². The van der Waals surface area contributed by atoms with Gasteiger partial charge < -0.3 is 181 Å². The van der Waals surface area contributed by atoms with Gasteiger partial charge in [-0.15, -0.1) is 0 Å². The van der Waals surface area contributed by atoms with Gasteiger partial charge >= 0.3 is 5.97 Å². The van der Waals surface area contributed by atoms with Crippen molar-refractivity contribution < 1.29 is 184 Å². The number of carbonyl (C=O) groups is 4. The van der Waals surface area contributed by atoms with Crippen molar-refractivity contribution in [1.29, 1.82) is 0 Å². The summed E-state index contributed by atoms with van der Waals surface area (Å²) in [6.45, 7) is 15.0. The molecule has 41 heteroatoms. The van der Waals surface area contributed by atoms with Crippen molar-refractivity contribution in [3.63, 3.8) is 0 Å². The zero-order chi connectivity index (χ0) is 90.7. The lowest BCUT2D eigenvalue weighted by molar-refractivity contribution is -0.307. The second-order valence-electron chi connectivity index (χ2n) is 33.7. The zero-order valence-electron chi connectivity index (χ0n) is 74.5. The number of amides is 3. The number of aliphatic hydroxyl groups excluding tert-OH is 10. The summed E-state index contributed by atoms with van der Waals surface area (Å²) in [5.41, 5.74) is 2.06. The number of rotatable bonds is 71. The quantitative estimate of drug-likeness (QED) is 0.0156. The molecular weight excluding hydrogens is 1670 g/mol. The van der Waals surface area contributed by atoms with E-state index in [4.69, 9.17) is 114 Å². The highest BCUT2D eigenvalue weighted by Crippen LogP contribution is 2.67. The van der Waals surface area contributed by atoms with E-state index in [2.05, 4.69) is 56.6 Å². The Bertz CT molecular complexity index is 2930. The first-order valence-corrected chi connectivity index (χ1v) is 45.0. The molecule has 3 amide bonds. The lowest BCUT2D eigenvalue weighted by Gasteiger charge is -2.58. The molecule has 734 valence electrons. The minimum Gasteiger partial charge on any atom is -0.461 e. The van der Waals surface area contributed by atoms with Gasteiger partial charge in [0.1, 0.15) is 127 Å². The summed E-state index contributed by atoms with van der Waals surface area (Å²) < 4.78 is 131. The van der Waals surface area contributed by atoms with Crippen LogP contribution in [-0.2, 0) is 133 Å². The van der Waals surface area contributed by atoms with Crippen LogP contribution in [0.1, 0.15) is 131 Å². The van der Waals surface area contributed by atoms with Gasteiger partial charge in [-0.25, -0.2) is 0 Å². The number of hydrogen-bond acceptors (Lipinski definition) is 38. The number of unbranched alkanes of at least 4 members (excludes halogenated alkanes) is 1. The topological polar surface area (TPSA) is 528 Å². The van der Waals surface area contributed by atoms with Crippen LogP contribution in [0.5, 0.6) is 0 Å². The number of nitrogens with one attached hydrogen (secondary N) is 3. The van der Waals surface area contributed by atoms with E-state index in [1.54, 1.807) is 0 Å². The molecule has 3 saturated carbocycles. The number of hydrogen-bond donors (Lipinski definition) is 13. The van der Waals surface area contributed by atoms with Crippen LogP contribution in [-0.4, -0.2) is 405 Å². The van der Waals surface area contributed by atoms with Crippen LogP contribution in [0.4, 0.5) is 0 Å². The molecule has 4 aliphatic carbocycles. The molecule has 0 bridgehead atoms. The third-order valence-corrected chi connectivity index (χ3v) is 24.3. The normalized spacial score (nSPS) is 30.5. The maximum Gasteiger partial charge on any atom is 0.325 e. The van der Waals surface area contributed by atoms with Crippen LogP contribution in [0, 0.1) is 46.3 Å². The van der Waals surface area contributed by atoms with E-state index in [9.17, 15) is 70.2 Å². The Morgan fingerprint density at radius 1 is 0.413 bits per heavy atom. The van der Waals surface area contributed by atoms with Gasteiger partial charge in [-0.05, 0) is 104 Å². The van der Waals surface area contributed by atoms with Crippen LogP contribution in [0.3, 0.4) is 0 Å². The van der Waals surface area contributed by atoms with Crippen molar-refractivity contribution in [2.75, 3.05) is 232 Å². The summed E-state index contributed by atoms with van der Waals surface area (Å²) in [5.74, 6) is 3.11. The van der Waals surface area contributed by atoms with Crippen LogP contribution < -0.4 is 16.0 Å². The number of fused-ring (bicyclic) bond motifs is 5. The molecule has 3 aliphatic heterocycles. The van der Waals surface area contributed by atoms with Crippen LogP contribution in [0.25, 0.3) is 0 Å². The number of ether oxygens (including phenoxy) is 24. The molecule has 23 atom stereocenters. The molecule has 0 unspecified atom stereocenters. The summed E-state index contributed by atoms with van der Waals surface area (Å²) in [7, 11) is 0. The van der Waals surface area contributed by atoms with Crippen LogP contribution in [0.15, 0.2) is 11.6 Å². The molecule has 0 radical (unpaired) electrons. The second-order valence-corrected chi connectivity index (χ2v) is 33.7. The lowest BCUT2D eigenvalue weighted by Crippen LogP contribution is -2.59. The van der Waals surface area contributed by atoms with Crippen molar-refractivity contribution >= 4 is 23.7 Å². The Balaban J connectivity index is 0.554. The van der Waals surface area contributed by atoms with Gasteiger partial charge in [-0.1, -0.05) is 65.5 Å². The third kappa shape index (κ3) is 39.1. The SMILES string of the molecule is CC(C)CCC[C@@H](C)[C@H]1CC[C@H]2[C@@H]3CC=C4C[C@@H](OC(=O)CNC(=O)CCCCC(=O)NCC(=O)NCOCOCCOCCOCCOCCO[C@@H]5O[C@@H](COCOCOCCOCCOCCOCCO[C@@H]6O[C@@H](COCOCOCCOCCOCCOCCO[C@@H]7O[C@@H](CO)[C@@H](O)[C@H](O)[C@@H]7O)[C@@H](O)[C@H](O)[C@@H]6O)[C@@H](O)[C@H](O)[C@@H]5O)CC[C@]4(C)[C@H]3CC[C@]12C. The Morgan fingerprint density at radius 2 is 0.817 bits per heavy atom. The Labute approximate surface area is 740 Å². The molecule has 0 aromatic heterocycles. The molecule has 0 aromatic rings. The van der Waals surface area contributed by atoms with Gasteiger partial charge in [0.2, 0.25) is 17.7 Å². The Hall–Kier alpha value is -3.70. The first-order chi connectivity index (χ1) is 61.0. The molecule has 41 nitrogen and oxygen atoms in total. The summed E-state index contributed by atoms with van der Waals surface area (Å²) in [5, 5.41) is 109. The minimum atomic E-state index is -1.58. The van der Waals surface area contributed by atoms with Crippen molar-refractivity contribution in [2.24, 2.45) is 46.3 Å². The number of carbonyl (C=O) groups excluding carboxylic acids is 4. The highest BCUT2D eigenvalue weighted by atomic mass is 16.8. The zero-order valence-corrected chi connectivity index (χ0v) is 74.5. The van der Waals surface area contributed by atoms with Crippen molar-refractivity contribution in [3.05, 3.63) is 11.6 Å². The minimum absolute atomic E-state index is 0.00724. The van der Waals surface area contributed by atoms with Gasteiger partial charge in [-0.3, -0.25) is 19.2 Å². The van der Waals surface area contributed by atoms with Gasteiger partial charge in [-0.2, -0.15) is 0 Å². The fraction of sp³-hybridized carbons (Fsp3) is 0.929. The van der Waals surface area contributed by atoms with E-state index in [1.165, 1.54) is 50.5 Å². The smallest absolute Gasteiger partial charge is 0.325 e. The molecule has 3 saturated heterocycles. The van der Waals surface area contributed by atoms with E-state index in [1.807, 2.05) is 0 Å². The number of aliphatic hydroxyl groups is 10. The first kappa shape index (κ1) is 109. The van der Waals surface area contributed by atoms with Crippen molar-refractivity contribution in [3.8, 4) is 0 Å². The number of allylic oxidation sites excluding steroid dienone is 1. The van der Waals surface area contributed by atoms with E-state index < -0.39 is 111 Å². The lowest BCUT2D eigenvalue weighted by atomic mass is 9.47. The van der Waals surface area contributed by atoms with Crippen molar-refractivity contribution in [1.82, 2.24) is 16.0 Å². The molecule has 3 heterocycles. The summed E-state index contributed by atoms with van der Waals surface area (Å²) >= 11 is 0. The molecular formula is C85H151N3O38. The predicted octanol–water partition coefficient (Wildman–Crippen LogP) is -0.659. The molecule has 6 fully saturated rings. The molecule has 7 aliphatic rings. The maximum atomic E-state index is 12.9. The largest absolute Gasteiger partial charge is 0.461 e. The van der Waals surface area contributed by atoms with E-state index in [0.29, 0.717) is 37.4 Å². The monoisotopic (exact) mass is 1820 g/mol. The van der Waals surface area contributed by atoms with Crippen molar-refractivity contribution in [2.45, 2.75) is 229 Å². The van der Waals surface area contributed by atoms with Gasteiger partial charge in [0.25, 0.3) is 0 Å². The highest BCUT2D eigenvalue weighted by molar-refractivity contribution is 5.84. The van der Waals surface area contributed by atoms with Gasteiger partial charge in [0.15, 0.2) is 18.9 Å². The third-order valence-electron chi connectivity index (χ3n) is 24.3. The average molecular weight is 1820 g/mol.